The second-order valence-corrected chi connectivity index (χ2v) is 13.5. The Hall–Kier alpha value is -1.74. The van der Waals surface area contributed by atoms with Crippen molar-refractivity contribution in [2.45, 2.75) is 23.2 Å². The third-order valence-electron chi connectivity index (χ3n) is 3.61. The van der Waals surface area contributed by atoms with Crippen LogP contribution >= 0.6 is 19.8 Å². The second kappa shape index (κ2) is 9.45. The molecule has 1 aromatic carbocycles. The third-order valence-corrected chi connectivity index (χ3v) is 7.67. The van der Waals surface area contributed by atoms with E-state index in [1.54, 1.807) is 36.5 Å². The van der Waals surface area contributed by atoms with Crippen LogP contribution in [0.15, 0.2) is 66.0 Å². The van der Waals surface area contributed by atoms with Crippen molar-refractivity contribution in [3.05, 3.63) is 72.4 Å². The fourth-order valence-corrected chi connectivity index (χ4v) is 6.09. The van der Waals surface area contributed by atoms with Crippen LogP contribution in [-0.2, 0) is 14.5 Å². The first-order chi connectivity index (χ1) is 12.9. The van der Waals surface area contributed by atoms with Crippen LogP contribution in [0.1, 0.15) is 19.4 Å². The summed E-state index contributed by atoms with van der Waals surface area (Å²) in [4.78, 5) is 8.39. The summed E-state index contributed by atoms with van der Waals surface area (Å²) in [5, 5.41) is 0. The average Bonchev–Trinajstić information content (AvgIpc) is 3.08. The zero-order valence-electron chi connectivity index (χ0n) is 15.9. The van der Waals surface area contributed by atoms with E-state index in [9.17, 15) is 12.8 Å². The summed E-state index contributed by atoms with van der Waals surface area (Å²) in [6.45, 7) is 4.00. The van der Waals surface area contributed by atoms with Gasteiger partial charge in [-0.05, 0) is 0 Å². The number of aromatic nitrogens is 2. The van der Waals surface area contributed by atoms with Crippen molar-refractivity contribution in [3.63, 3.8) is 0 Å². The first-order valence-corrected chi connectivity index (χ1v) is 15.8. The fraction of sp³-hybridized carbons (Fsp3) is 0.250. The Labute approximate surface area is 167 Å². The fourth-order valence-electron chi connectivity index (χ4n) is 2.56. The first kappa shape index (κ1) is 21.6. The van der Waals surface area contributed by atoms with Crippen LogP contribution in [0.4, 0.5) is 4.39 Å². The van der Waals surface area contributed by atoms with Gasteiger partial charge in [0.1, 0.15) is 0 Å². The van der Waals surface area contributed by atoms with Gasteiger partial charge in [-0.15, -0.1) is 0 Å². The van der Waals surface area contributed by atoms with Crippen molar-refractivity contribution in [1.82, 2.24) is 8.96 Å². The van der Waals surface area contributed by atoms with Crippen LogP contribution in [0.3, 0.4) is 0 Å². The molecule has 0 radical (unpaired) electrons. The molecule has 0 aliphatic heterocycles. The number of rotatable bonds is 5. The monoisotopic (exact) mass is 502 g/mol. The molecule has 146 valence electrons. The van der Waals surface area contributed by atoms with Gasteiger partial charge in [0.25, 0.3) is 0 Å². The van der Waals surface area contributed by atoms with E-state index >= 15 is 0 Å². The van der Waals surface area contributed by atoms with Crippen molar-refractivity contribution in [3.8, 4) is 11.3 Å². The van der Waals surface area contributed by atoms with E-state index in [0.29, 0.717) is 5.69 Å². The summed E-state index contributed by atoms with van der Waals surface area (Å²) in [7, 11) is -3.84. The van der Waals surface area contributed by atoms with Gasteiger partial charge in [-0.2, -0.15) is 0 Å². The SMILES string of the molecule is CC.CI(C)Cc1cc(-c2ccccc2F)n(S(=O)(=O)c2cccnc2)c1. The molecule has 0 unspecified atom stereocenters. The molecule has 4 nitrogen and oxygen atoms in total. The van der Waals surface area contributed by atoms with E-state index in [1.165, 1.54) is 28.5 Å². The van der Waals surface area contributed by atoms with Gasteiger partial charge in [-0.1, -0.05) is 13.8 Å². The molecule has 0 saturated heterocycles. The molecular formula is C20H24FIN2O2S. The molecule has 0 aliphatic carbocycles. The van der Waals surface area contributed by atoms with Gasteiger partial charge in [0.2, 0.25) is 0 Å². The molecule has 3 aromatic rings. The molecule has 0 bridgehead atoms. The first-order valence-electron chi connectivity index (χ1n) is 8.47. The molecule has 0 N–H and O–H groups in total. The van der Waals surface area contributed by atoms with Gasteiger partial charge in [0, 0.05) is 0 Å². The maximum atomic E-state index is 14.3. The summed E-state index contributed by atoms with van der Waals surface area (Å²) in [5.41, 5.74) is 1.53. The average molecular weight is 502 g/mol. The van der Waals surface area contributed by atoms with Gasteiger partial charge in [-0.25, -0.2) is 0 Å². The molecule has 7 heteroatoms. The van der Waals surface area contributed by atoms with Gasteiger partial charge >= 0.3 is 154 Å². The molecule has 0 fully saturated rings. The van der Waals surface area contributed by atoms with Gasteiger partial charge in [0.15, 0.2) is 0 Å². The summed E-state index contributed by atoms with van der Waals surface area (Å²) in [5.74, 6) is -0.446. The summed E-state index contributed by atoms with van der Waals surface area (Å²) < 4.78 is 42.5. The second-order valence-electron chi connectivity index (χ2n) is 5.75. The summed E-state index contributed by atoms with van der Waals surface area (Å²) in [6, 6.07) is 11.1. The molecule has 0 atom stereocenters. The number of benzene rings is 1. The summed E-state index contributed by atoms with van der Waals surface area (Å²) >= 11 is -1.12. The van der Waals surface area contributed by atoms with Crippen molar-refractivity contribution < 1.29 is 12.8 Å². The minimum absolute atomic E-state index is 0.0816. The van der Waals surface area contributed by atoms with E-state index in [4.69, 9.17) is 0 Å². The Kier molecular flexibility index (Phi) is 7.55. The zero-order chi connectivity index (χ0) is 20.0. The number of alkyl halides is 3. The molecule has 3 rings (SSSR count). The van der Waals surface area contributed by atoms with Crippen LogP contribution in [-0.4, -0.2) is 27.2 Å². The van der Waals surface area contributed by atoms with E-state index in [0.717, 1.165) is 9.99 Å². The molecule has 2 heterocycles. The number of pyridine rings is 1. The zero-order valence-corrected chi connectivity index (χ0v) is 18.8. The molecule has 27 heavy (non-hydrogen) atoms. The molecule has 0 amide bonds. The van der Waals surface area contributed by atoms with E-state index in [2.05, 4.69) is 14.8 Å². The maximum absolute atomic E-state index is 14.3. The normalized spacial score (nSPS) is 11.5. The number of hydrogen-bond acceptors (Lipinski definition) is 3. The van der Waals surface area contributed by atoms with Gasteiger partial charge in [0.05, 0.1) is 0 Å². The number of nitrogens with zero attached hydrogens (tertiary/aromatic N) is 2. The van der Waals surface area contributed by atoms with Crippen molar-refractivity contribution in [2.24, 2.45) is 0 Å². The van der Waals surface area contributed by atoms with Crippen LogP contribution in [0.2, 0.25) is 0 Å². The van der Waals surface area contributed by atoms with Crippen LogP contribution in [0.5, 0.6) is 0 Å². The van der Waals surface area contributed by atoms with Crippen molar-refractivity contribution in [2.75, 3.05) is 9.86 Å². The Morgan fingerprint density at radius 3 is 2.41 bits per heavy atom. The molecule has 2 aromatic heterocycles. The molecule has 0 spiro atoms. The predicted octanol–water partition coefficient (Wildman–Crippen LogP) is 5.22. The van der Waals surface area contributed by atoms with E-state index in [1.807, 2.05) is 13.8 Å². The van der Waals surface area contributed by atoms with Crippen LogP contribution < -0.4 is 0 Å². The quantitative estimate of drug-likeness (QED) is 0.355. The van der Waals surface area contributed by atoms with E-state index < -0.39 is 35.7 Å². The molecule has 0 aliphatic rings. The number of hydrogen-bond donors (Lipinski definition) is 0. The topological polar surface area (TPSA) is 52.0 Å². The molecular weight excluding hydrogens is 478 g/mol. The van der Waals surface area contributed by atoms with Gasteiger partial charge in [-0.3, -0.25) is 0 Å². The minimum atomic E-state index is -3.84. The van der Waals surface area contributed by atoms with E-state index in [-0.39, 0.29) is 10.5 Å². The van der Waals surface area contributed by atoms with Gasteiger partial charge < -0.3 is 0 Å². The third kappa shape index (κ3) is 4.95. The van der Waals surface area contributed by atoms with Crippen LogP contribution in [0, 0.1) is 5.82 Å². The Morgan fingerprint density at radius 1 is 1.11 bits per heavy atom. The van der Waals surface area contributed by atoms with Crippen molar-refractivity contribution >= 4 is 29.8 Å². The summed E-state index contributed by atoms with van der Waals surface area (Å²) in [6.07, 6.45) is 4.43. The Bertz CT molecular complexity index is 986. The molecule has 0 saturated carbocycles. The number of halogens is 2. The van der Waals surface area contributed by atoms with Crippen molar-refractivity contribution in [1.29, 1.82) is 0 Å². The Balaban J connectivity index is 0.00000126. The standard InChI is InChI=1S/C18H18FIN2O2S.C2H6/c1-20(2)11-14-10-18(16-7-3-4-8-17(16)19)22(13-14)25(23,24)15-6-5-9-21-12-15;1-2/h3-10,12-13H,11H2,1-2H3;1-2H3. The van der Waals surface area contributed by atoms with Crippen LogP contribution in [0.25, 0.3) is 11.3 Å². The predicted molar refractivity (Wildman–Crippen MR) is 118 cm³/mol. The Morgan fingerprint density at radius 2 is 1.81 bits per heavy atom.